The van der Waals surface area contributed by atoms with Crippen LogP contribution in [0.2, 0.25) is 0 Å². The summed E-state index contributed by atoms with van der Waals surface area (Å²) in [6.07, 6.45) is 0. The molecule has 0 aliphatic rings. The summed E-state index contributed by atoms with van der Waals surface area (Å²) < 4.78 is 0. The summed E-state index contributed by atoms with van der Waals surface area (Å²) in [5, 5.41) is 5.80. The standard InChI is InChI=1S/C69H63Si.3ClH.Ti/c1-44-45(2)47(4)69(46(44)3)70(63-41-60(54-29-17-11-18-30-54)48(5)66(51(63)8)57-35-23-14-24-36-57,64-42-61(55-31-19-12-20-32-55)49(6)67(52(64)9)58-37-25-15-26-38-58)65-43-62(56-33-21-13-22-34-56)50(7)68(53(65)10)59-39-27-16-28-40-59;;;;/h11-43H,1-10H3;3*1H;/q-1;;;;+4/p-3. The zero-order valence-corrected chi connectivity index (χ0v) is 49.0. The Bertz CT molecular complexity index is 3190. The molecule has 10 rings (SSSR count). The van der Waals surface area contributed by atoms with Gasteiger partial charge in [0.1, 0.15) is 8.07 Å². The molecule has 0 nitrogen and oxygen atoms in total. The molecule has 0 saturated carbocycles. The number of rotatable bonds is 10. The zero-order valence-electron chi connectivity index (χ0n) is 44.2. The average molecular weight is 1070 g/mol. The van der Waals surface area contributed by atoms with Crippen LogP contribution in [-0.4, -0.2) is 8.07 Å². The van der Waals surface area contributed by atoms with Crippen LogP contribution in [-0.2, 0) is 21.7 Å². The third-order valence-corrected chi connectivity index (χ3v) is 21.5. The van der Waals surface area contributed by atoms with Gasteiger partial charge in [0.2, 0.25) is 0 Å². The molecule has 0 unspecified atom stereocenters. The molecule has 0 bridgehead atoms. The van der Waals surface area contributed by atoms with Crippen molar-refractivity contribution in [3.05, 3.63) is 256 Å². The van der Waals surface area contributed by atoms with E-state index in [1.165, 1.54) is 143 Å². The van der Waals surface area contributed by atoms with Crippen LogP contribution < -0.4 is 58.0 Å². The van der Waals surface area contributed by atoms with E-state index in [-0.39, 0.29) is 58.9 Å². The van der Waals surface area contributed by atoms with Crippen molar-refractivity contribution >= 4 is 28.8 Å². The van der Waals surface area contributed by atoms with E-state index in [2.05, 4.69) is 269 Å². The predicted molar refractivity (Wildman–Crippen MR) is 306 cm³/mol. The Kier molecular flexibility index (Phi) is 18.4. The molecular weight excluding hydrogens is 1010 g/mol. The van der Waals surface area contributed by atoms with E-state index in [1.807, 2.05) is 0 Å². The van der Waals surface area contributed by atoms with Crippen molar-refractivity contribution < 1.29 is 58.9 Å². The largest absolute Gasteiger partial charge is 4.00 e. The Morgan fingerprint density at radius 2 is 0.459 bits per heavy atom. The number of halogens is 3. The summed E-state index contributed by atoms with van der Waals surface area (Å²) in [7, 11) is -3.59. The van der Waals surface area contributed by atoms with Crippen molar-refractivity contribution in [2.75, 3.05) is 0 Å². The number of benzene rings is 9. The monoisotopic (exact) mass is 1070 g/mol. The molecule has 0 aliphatic heterocycles. The third kappa shape index (κ3) is 9.69. The second-order valence-electron chi connectivity index (χ2n) is 19.6. The molecule has 74 heavy (non-hydrogen) atoms. The van der Waals surface area contributed by atoms with Crippen LogP contribution in [0.25, 0.3) is 66.8 Å². The first-order valence-corrected chi connectivity index (χ1v) is 26.9. The van der Waals surface area contributed by atoms with Gasteiger partial charge in [0.25, 0.3) is 0 Å². The van der Waals surface area contributed by atoms with E-state index < -0.39 is 8.07 Å². The first-order chi connectivity index (χ1) is 33.9. The molecule has 0 saturated heterocycles. The van der Waals surface area contributed by atoms with Crippen LogP contribution in [0, 0.1) is 69.2 Å². The fraction of sp³-hybridized carbons (Fsp3) is 0.145. The van der Waals surface area contributed by atoms with E-state index >= 15 is 0 Å². The Morgan fingerprint density at radius 3 is 0.676 bits per heavy atom. The molecule has 0 atom stereocenters. The van der Waals surface area contributed by atoms with Gasteiger partial charge in [-0.25, -0.2) is 0 Å². The molecule has 0 radical (unpaired) electrons. The van der Waals surface area contributed by atoms with Crippen LogP contribution in [0.15, 0.2) is 200 Å². The molecule has 10 aromatic carbocycles. The fourth-order valence-corrected chi connectivity index (χ4v) is 18.7. The maximum Gasteiger partial charge on any atom is 4.00 e. The van der Waals surface area contributed by atoms with Gasteiger partial charge in [0.05, 0.1) is 0 Å². The van der Waals surface area contributed by atoms with E-state index in [9.17, 15) is 0 Å². The minimum atomic E-state index is -3.59. The minimum Gasteiger partial charge on any atom is -1.00 e. The second kappa shape index (κ2) is 23.8. The van der Waals surface area contributed by atoms with Crippen LogP contribution >= 0.6 is 0 Å². The van der Waals surface area contributed by atoms with Crippen LogP contribution in [0.4, 0.5) is 0 Å². The van der Waals surface area contributed by atoms with Crippen molar-refractivity contribution in [3.63, 3.8) is 0 Å². The van der Waals surface area contributed by atoms with Crippen molar-refractivity contribution in [2.24, 2.45) is 0 Å². The Balaban J connectivity index is 0.00000223. The van der Waals surface area contributed by atoms with Crippen molar-refractivity contribution in [1.29, 1.82) is 0 Å². The third-order valence-electron chi connectivity index (χ3n) is 16.0. The maximum atomic E-state index is 2.67. The normalized spacial score (nSPS) is 10.9. The number of hydrogen-bond donors (Lipinski definition) is 0. The van der Waals surface area contributed by atoms with Gasteiger partial charge in [0, 0.05) is 0 Å². The topological polar surface area (TPSA) is 0 Å². The van der Waals surface area contributed by atoms with Crippen LogP contribution in [0.1, 0.15) is 55.6 Å². The summed E-state index contributed by atoms with van der Waals surface area (Å²) in [5.74, 6) is 0. The maximum absolute atomic E-state index is 3.59. The Morgan fingerprint density at radius 1 is 0.257 bits per heavy atom. The van der Waals surface area contributed by atoms with Gasteiger partial charge in [-0.05, 0) is 142 Å². The Hall–Kier alpha value is -5.87. The van der Waals surface area contributed by atoms with E-state index in [0.29, 0.717) is 0 Å². The summed E-state index contributed by atoms with van der Waals surface area (Å²) in [4.78, 5) is 0. The molecule has 0 N–H and O–H groups in total. The van der Waals surface area contributed by atoms with E-state index in [4.69, 9.17) is 0 Å². The Labute approximate surface area is 475 Å². The second-order valence-corrected chi connectivity index (χ2v) is 23.2. The summed E-state index contributed by atoms with van der Waals surface area (Å²) in [6, 6.07) is 75.1. The summed E-state index contributed by atoms with van der Waals surface area (Å²) in [6.45, 7) is 24.0. The van der Waals surface area contributed by atoms with Gasteiger partial charge in [-0.3, -0.25) is 0 Å². The van der Waals surface area contributed by atoms with Gasteiger partial charge < -0.3 is 37.2 Å². The van der Waals surface area contributed by atoms with Crippen molar-refractivity contribution in [1.82, 2.24) is 0 Å². The van der Waals surface area contributed by atoms with Gasteiger partial charge in [-0.1, -0.05) is 243 Å². The quantitative estimate of drug-likeness (QED) is 0.0798. The molecular formula is C69H63Cl3SiTi. The smallest absolute Gasteiger partial charge is 1.00 e. The van der Waals surface area contributed by atoms with Crippen molar-refractivity contribution in [2.45, 2.75) is 69.2 Å². The van der Waals surface area contributed by atoms with E-state index in [0.717, 1.165) is 0 Å². The summed E-state index contributed by atoms with van der Waals surface area (Å²) >= 11 is 0. The molecule has 0 fully saturated rings. The van der Waals surface area contributed by atoms with Gasteiger partial charge in [0.15, 0.2) is 0 Å². The zero-order chi connectivity index (χ0) is 48.8. The molecule has 0 heterocycles. The average Bonchev–Trinajstić information content (AvgIpc) is 3.58. The molecule has 0 amide bonds. The van der Waals surface area contributed by atoms with Crippen molar-refractivity contribution in [3.8, 4) is 66.8 Å². The van der Waals surface area contributed by atoms with Gasteiger partial charge >= 0.3 is 21.7 Å². The minimum absolute atomic E-state index is 0. The SMILES string of the molecule is Cc1c(-c2ccccc2)cc([Si](c2cc(-c3ccccc3)c(C)c(-c3ccccc3)c2C)(c2cc(-c3ccccc3)c(C)c(-c3ccccc3)c2C)[c-]2c(C)c(C)c(C)c2C)c(C)c1-c1ccccc1.[Cl-].[Cl-].[Cl-].[Ti+4]. The molecule has 5 heteroatoms. The van der Waals surface area contributed by atoms with Gasteiger partial charge in [-0.15, -0.1) is 5.19 Å². The first-order valence-electron chi connectivity index (χ1n) is 24.9. The van der Waals surface area contributed by atoms with E-state index in [1.54, 1.807) is 0 Å². The fourth-order valence-electron chi connectivity index (χ4n) is 12.4. The van der Waals surface area contributed by atoms with Crippen LogP contribution in [0.5, 0.6) is 0 Å². The van der Waals surface area contributed by atoms with Gasteiger partial charge in [-0.2, -0.15) is 22.3 Å². The molecule has 368 valence electrons. The predicted octanol–water partition coefficient (Wildman–Crippen LogP) is 6.88. The number of hydrogen-bond acceptors (Lipinski definition) is 0. The van der Waals surface area contributed by atoms with Crippen LogP contribution in [0.3, 0.4) is 0 Å². The molecule has 0 spiro atoms. The first kappa shape index (κ1) is 57.4. The summed E-state index contributed by atoms with van der Waals surface area (Å²) in [5.41, 5.74) is 28.7. The molecule has 10 aromatic rings. The molecule has 0 aromatic heterocycles. The molecule has 0 aliphatic carbocycles.